The first-order valence-corrected chi connectivity index (χ1v) is 13.6. The Labute approximate surface area is 239 Å². The van der Waals surface area contributed by atoms with Crippen LogP contribution < -0.4 is 11.1 Å². The summed E-state index contributed by atoms with van der Waals surface area (Å²) in [4.78, 5) is 17.6. The molecule has 3 aromatic carbocycles. The quantitative estimate of drug-likeness (QED) is 0.152. The van der Waals surface area contributed by atoms with Gasteiger partial charge in [0.25, 0.3) is 0 Å². The lowest BCUT2D eigenvalue weighted by Gasteiger charge is -2.21. The predicted octanol–water partition coefficient (Wildman–Crippen LogP) is 6.68. The van der Waals surface area contributed by atoms with E-state index in [9.17, 15) is 18.0 Å². The highest BCUT2D eigenvalue weighted by atomic mass is 19.4. The maximum atomic E-state index is 15.1. The van der Waals surface area contributed by atoms with Crippen LogP contribution in [0.4, 0.5) is 23.4 Å². The van der Waals surface area contributed by atoms with E-state index in [0.29, 0.717) is 17.4 Å². The van der Waals surface area contributed by atoms with Crippen molar-refractivity contribution in [1.82, 2.24) is 20.1 Å². The Morgan fingerprint density at radius 1 is 1.00 bits per heavy atom. The SMILES string of the molecule is Nc1nccc2ccc(-n3nc(C(F)(F)F)cc3C(=O)Cc3cc(C(NCC4CC4)c4ccccc4)ccc3F)cc12. The molecule has 10 heteroatoms. The van der Waals surface area contributed by atoms with Gasteiger partial charge in [0.05, 0.1) is 11.7 Å². The molecule has 1 atom stereocenters. The van der Waals surface area contributed by atoms with E-state index in [1.807, 2.05) is 30.3 Å². The fourth-order valence-electron chi connectivity index (χ4n) is 5.08. The van der Waals surface area contributed by atoms with Gasteiger partial charge >= 0.3 is 6.18 Å². The van der Waals surface area contributed by atoms with Gasteiger partial charge in [-0.3, -0.25) is 4.79 Å². The lowest BCUT2D eigenvalue weighted by Crippen LogP contribution is -2.25. The molecule has 214 valence electrons. The van der Waals surface area contributed by atoms with E-state index in [0.717, 1.165) is 40.6 Å². The summed E-state index contributed by atoms with van der Waals surface area (Å²) in [5.41, 5.74) is 6.46. The number of nitrogens with two attached hydrogens (primary N) is 1. The number of Topliss-reactive ketones (excluding diaryl/α,β-unsaturated/α-hetero) is 1. The van der Waals surface area contributed by atoms with E-state index >= 15 is 4.39 Å². The molecule has 1 aliphatic rings. The number of pyridine rings is 1. The van der Waals surface area contributed by atoms with Crippen LogP contribution in [-0.2, 0) is 12.6 Å². The highest BCUT2D eigenvalue weighted by Crippen LogP contribution is 2.33. The number of alkyl halides is 3. The van der Waals surface area contributed by atoms with Crippen LogP contribution in [0.25, 0.3) is 16.5 Å². The number of nitrogens with zero attached hydrogens (tertiary/aromatic N) is 3. The van der Waals surface area contributed by atoms with Gasteiger partial charge in [0.2, 0.25) is 0 Å². The maximum Gasteiger partial charge on any atom is 0.435 e. The van der Waals surface area contributed by atoms with Crippen molar-refractivity contribution in [1.29, 1.82) is 0 Å². The summed E-state index contributed by atoms with van der Waals surface area (Å²) in [5, 5.41) is 8.49. The van der Waals surface area contributed by atoms with E-state index in [4.69, 9.17) is 5.73 Å². The molecule has 1 saturated carbocycles. The zero-order valence-corrected chi connectivity index (χ0v) is 22.4. The number of nitrogens with one attached hydrogen (secondary N) is 1. The van der Waals surface area contributed by atoms with Crippen molar-refractivity contribution in [2.75, 3.05) is 12.3 Å². The number of aromatic nitrogens is 3. The molecule has 6 rings (SSSR count). The molecule has 6 nitrogen and oxygen atoms in total. The molecular weight excluding hydrogens is 546 g/mol. The fourth-order valence-corrected chi connectivity index (χ4v) is 5.08. The minimum Gasteiger partial charge on any atom is -0.383 e. The summed E-state index contributed by atoms with van der Waals surface area (Å²) in [6.07, 6.45) is -1.41. The average molecular weight is 574 g/mol. The van der Waals surface area contributed by atoms with Gasteiger partial charge in [-0.1, -0.05) is 48.5 Å². The third-order valence-corrected chi connectivity index (χ3v) is 7.51. The Kier molecular flexibility index (Phi) is 7.24. The normalized spacial score (nSPS) is 14.3. The van der Waals surface area contributed by atoms with E-state index < -0.39 is 29.9 Å². The number of hydrogen-bond donors (Lipinski definition) is 2. The number of hydrogen-bond acceptors (Lipinski definition) is 5. The van der Waals surface area contributed by atoms with E-state index in [1.54, 1.807) is 30.3 Å². The van der Waals surface area contributed by atoms with Gasteiger partial charge < -0.3 is 11.1 Å². The fraction of sp³-hybridized carbons (Fsp3) is 0.219. The molecule has 2 aromatic heterocycles. The molecule has 1 fully saturated rings. The molecule has 0 saturated heterocycles. The van der Waals surface area contributed by atoms with Gasteiger partial charge in [-0.25, -0.2) is 14.1 Å². The van der Waals surface area contributed by atoms with Crippen molar-refractivity contribution in [3.8, 4) is 5.69 Å². The second kappa shape index (κ2) is 11.0. The number of carbonyl (C=O) groups excluding carboxylic acids is 1. The lowest BCUT2D eigenvalue weighted by atomic mass is 9.95. The number of halogens is 4. The second-order valence-corrected chi connectivity index (χ2v) is 10.6. The Hall–Kier alpha value is -4.57. The zero-order valence-electron chi connectivity index (χ0n) is 22.4. The molecule has 0 aliphatic heterocycles. The summed E-state index contributed by atoms with van der Waals surface area (Å²) in [5.74, 6) is -0.544. The van der Waals surface area contributed by atoms with Gasteiger partial charge in [0.15, 0.2) is 11.5 Å². The molecule has 0 bridgehead atoms. The van der Waals surface area contributed by atoms with E-state index in [1.165, 1.54) is 18.3 Å². The number of rotatable bonds is 9. The minimum absolute atomic E-state index is 0.0833. The van der Waals surface area contributed by atoms with E-state index in [2.05, 4.69) is 15.4 Å². The topological polar surface area (TPSA) is 85.8 Å². The second-order valence-electron chi connectivity index (χ2n) is 10.6. The molecule has 5 aromatic rings. The van der Waals surface area contributed by atoms with Crippen LogP contribution in [0.5, 0.6) is 0 Å². The number of benzene rings is 3. The molecule has 0 amide bonds. The first-order valence-electron chi connectivity index (χ1n) is 13.6. The Bertz CT molecular complexity index is 1760. The number of ketones is 1. The number of nitrogen functional groups attached to an aromatic ring is 1. The number of anilines is 1. The lowest BCUT2D eigenvalue weighted by molar-refractivity contribution is -0.141. The molecule has 42 heavy (non-hydrogen) atoms. The van der Waals surface area contributed by atoms with Crippen LogP contribution in [0.3, 0.4) is 0 Å². The third kappa shape index (κ3) is 5.75. The van der Waals surface area contributed by atoms with Crippen molar-refractivity contribution in [2.45, 2.75) is 31.5 Å². The molecule has 1 unspecified atom stereocenters. The molecule has 2 heterocycles. The van der Waals surface area contributed by atoms with Gasteiger partial charge in [0, 0.05) is 24.1 Å². The Balaban J connectivity index is 1.36. The highest BCUT2D eigenvalue weighted by molar-refractivity contribution is 5.97. The minimum atomic E-state index is -4.79. The van der Waals surface area contributed by atoms with Crippen LogP contribution in [0.1, 0.15) is 51.8 Å². The highest BCUT2D eigenvalue weighted by Gasteiger charge is 2.36. The van der Waals surface area contributed by atoms with Gasteiger partial charge in [-0.05, 0) is 71.6 Å². The van der Waals surface area contributed by atoms with Crippen LogP contribution in [-0.4, -0.2) is 27.1 Å². The molecule has 1 aliphatic carbocycles. The molecule has 0 radical (unpaired) electrons. The van der Waals surface area contributed by atoms with Gasteiger partial charge in [-0.2, -0.15) is 18.3 Å². The van der Waals surface area contributed by atoms with Crippen LogP contribution in [0.2, 0.25) is 0 Å². The zero-order chi connectivity index (χ0) is 29.4. The summed E-state index contributed by atoms with van der Waals surface area (Å²) < 4.78 is 57.2. The monoisotopic (exact) mass is 573 g/mol. The Morgan fingerprint density at radius 3 is 2.52 bits per heavy atom. The van der Waals surface area contributed by atoms with Crippen LogP contribution in [0.15, 0.2) is 85.1 Å². The average Bonchev–Trinajstić information content (AvgIpc) is 3.68. The van der Waals surface area contributed by atoms with Crippen molar-refractivity contribution in [3.63, 3.8) is 0 Å². The summed E-state index contributed by atoms with van der Waals surface area (Å²) in [6.45, 7) is 0.802. The van der Waals surface area contributed by atoms with Crippen molar-refractivity contribution < 1.29 is 22.4 Å². The molecule has 3 N–H and O–H groups in total. The predicted molar refractivity (Wildman–Crippen MR) is 152 cm³/mol. The van der Waals surface area contributed by atoms with E-state index in [-0.39, 0.29) is 28.8 Å². The first kappa shape index (κ1) is 27.6. The number of carbonyl (C=O) groups is 1. The van der Waals surface area contributed by atoms with Crippen LogP contribution in [0, 0.1) is 11.7 Å². The molecular formula is C32H27F4N5O. The maximum absolute atomic E-state index is 15.1. The largest absolute Gasteiger partial charge is 0.435 e. The van der Waals surface area contributed by atoms with Crippen LogP contribution >= 0.6 is 0 Å². The van der Waals surface area contributed by atoms with Crippen molar-refractivity contribution >= 4 is 22.4 Å². The smallest absolute Gasteiger partial charge is 0.383 e. The summed E-state index contributed by atoms with van der Waals surface area (Å²) in [6, 6.07) is 21.2. The standard InChI is InChI=1S/C32H27F4N5O/c33-26-11-9-22(30(39-18-19-6-7-19)21-4-2-1-3-5-21)14-23(26)15-28(42)27-17-29(32(34,35)36)40-41(27)24-10-8-20-12-13-38-31(37)25(20)16-24/h1-5,8-14,16-17,19,30,39H,6-7,15,18H2,(H2,37,38). The Morgan fingerprint density at radius 2 is 1.79 bits per heavy atom. The first-order chi connectivity index (χ1) is 20.2. The van der Waals surface area contributed by atoms with Crippen molar-refractivity contribution in [2.24, 2.45) is 5.92 Å². The summed E-state index contributed by atoms with van der Waals surface area (Å²) in [7, 11) is 0. The number of fused-ring (bicyclic) bond motifs is 1. The van der Waals surface area contributed by atoms with Crippen molar-refractivity contribution in [3.05, 3.63) is 119 Å². The summed E-state index contributed by atoms with van der Waals surface area (Å²) >= 11 is 0. The van der Waals surface area contributed by atoms with Gasteiger partial charge in [-0.15, -0.1) is 0 Å². The molecule has 0 spiro atoms. The third-order valence-electron chi connectivity index (χ3n) is 7.51. The van der Waals surface area contributed by atoms with Gasteiger partial charge in [0.1, 0.15) is 17.3 Å².